The van der Waals surface area contributed by atoms with Crippen LogP contribution >= 0.6 is 0 Å². The Morgan fingerprint density at radius 2 is 2.28 bits per heavy atom. The summed E-state index contributed by atoms with van der Waals surface area (Å²) in [6, 6.07) is 3.84. The van der Waals surface area contributed by atoms with Gasteiger partial charge in [-0.25, -0.2) is 4.98 Å². The largest absolute Gasteiger partial charge is 0.481 e. The van der Waals surface area contributed by atoms with E-state index in [0.29, 0.717) is 5.82 Å². The van der Waals surface area contributed by atoms with Gasteiger partial charge >= 0.3 is 5.97 Å². The molecule has 0 saturated carbocycles. The lowest BCUT2D eigenvalue weighted by Gasteiger charge is -2.18. The predicted octanol–water partition coefficient (Wildman–Crippen LogP) is 1.39. The quantitative estimate of drug-likeness (QED) is 0.877. The van der Waals surface area contributed by atoms with E-state index in [1.54, 1.807) is 0 Å². The van der Waals surface area contributed by atoms with Gasteiger partial charge < -0.3 is 5.11 Å². The fourth-order valence-electron chi connectivity index (χ4n) is 2.16. The number of carboxylic acid groups (broad SMARTS) is 1. The summed E-state index contributed by atoms with van der Waals surface area (Å²) in [6.07, 6.45) is 0.832. The highest BCUT2D eigenvalue weighted by Gasteiger charge is 2.36. The summed E-state index contributed by atoms with van der Waals surface area (Å²) in [7, 11) is 0. The Bertz CT molecular complexity index is 499. The summed E-state index contributed by atoms with van der Waals surface area (Å²) in [5.74, 6) is -1.08. The molecule has 1 aromatic rings. The molecule has 1 fully saturated rings. The number of carboxylic acids is 1. The summed E-state index contributed by atoms with van der Waals surface area (Å²) >= 11 is 0. The van der Waals surface area contributed by atoms with Crippen LogP contribution in [0, 0.1) is 12.8 Å². The summed E-state index contributed by atoms with van der Waals surface area (Å²) in [5.41, 5.74) is 1.80. The van der Waals surface area contributed by atoms with Crippen LogP contribution in [0.5, 0.6) is 0 Å². The van der Waals surface area contributed by atoms with Crippen molar-refractivity contribution in [2.24, 2.45) is 5.92 Å². The van der Waals surface area contributed by atoms with E-state index in [1.807, 2.05) is 26.0 Å². The van der Waals surface area contributed by atoms with Gasteiger partial charge in [-0.1, -0.05) is 13.0 Å². The summed E-state index contributed by atoms with van der Waals surface area (Å²) in [6.45, 7) is 4.07. The van der Waals surface area contributed by atoms with Gasteiger partial charge in [0.15, 0.2) is 0 Å². The van der Waals surface area contributed by atoms with E-state index in [1.165, 1.54) is 4.90 Å². The number of rotatable bonds is 3. The normalized spacial score (nSPS) is 19.3. The average molecular weight is 248 g/mol. The maximum absolute atomic E-state index is 11.9. The van der Waals surface area contributed by atoms with E-state index >= 15 is 0 Å². The van der Waals surface area contributed by atoms with Gasteiger partial charge in [-0.2, -0.15) is 0 Å². The number of pyridine rings is 1. The zero-order valence-electron chi connectivity index (χ0n) is 10.5. The van der Waals surface area contributed by atoms with Crippen molar-refractivity contribution in [2.45, 2.75) is 26.7 Å². The van der Waals surface area contributed by atoms with Gasteiger partial charge in [0.2, 0.25) is 5.91 Å². The molecule has 0 aliphatic carbocycles. The molecule has 5 nitrogen and oxygen atoms in total. The van der Waals surface area contributed by atoms with Crippen LogP contribution < -0.4 is 4.90 Å². The molecule has 0 radical (unpaired) electrons. The third kappa shape index (κ3) is 2.20. The number of hydrogen-bond donors (Lipinski definition) is 1. The minimum absolute atomic E-state index is 0.0636. The number of aromatic nitrogens is 1. The molecule has 1 aliphatic rings. The number of hydrogen-bond acceptors (Lipinski definition) is 3. The van der Waals surface area contributed by atoms with Gasteiger partial charge in [0.05, 0.1) is 5.92 Å². The van der Waals surface area contributed by atoms with Crippen molar-refractivity contribution >= 4 is 17.7 Å². The molecule has 1 atom stereocenters. The number of carbonyl (C=O) groups excluding carboxylic acids is 1. The van der Waals surface area contributed by atoms with Gasteiger partial charge in [0.1, 0.15) is 5.82 Å². The molecule has 0 aromatic carbocycles. The Balaban J connectivity index is 2.34. The Morgan fingerprint density at radius 1 is 1.56 bits per heavy atom. The van der Waals surface area contributed by atoms with Crippen molar-refractivity contribution in [3.8, 4) is 0 Å². The highest BCUT2D eigenvalue weighted by Crippen LogP contribution is 2.27. The van der Waals surface area contributed by atoms with Gasteiger partial charge in [0, 0.05) is 18.7 Å². The first kappa shape index (κ1) is 12.5. The summed E-state index contributed by atoms with van der Waals surface area (Å²) in [4.78, 5) is 28.7. The molecule has 2 heterocycles. The fourth-order valence-corrected chi connectivity index (χ4v) is 2.16. The molecule has 1 amide bonds. The number of aryl methyl sites for hydroxylation is 2. The van der Waals surface area contributed by atoms with E-state index < -0.39 is 11.9 Å². The summed E-state index contributed by atoms with van der Waals surface area (Å²) < 4.78 is 0. The second-order valence-electron chi connectivity index (χ2n) is 4.53. The van der Waals surface area contributed by atoms with E-state index in [2.05, 4.69) is 4.98 Å². The molecule has 1 aromatic heterocycles. The van der Waals surface area contributed by atoms with Crippen LogP contribution in [0.2, 0.25) is 0 Å². The minimum Gasteiger partial charge on any atom is -0.481 e. The molecule has 1 saturated heterocycles. The number of amides is 1. The second-order valence-corrected chi connectivity index (χ2v) is 4.53. The molecule has 96 valence electrons. The van der Waals surface area contributed by atoms with Crippen molar-refractivity contribution in [3.63, 3.8) is 0 Å². The van der Waals surface area contributed by atoms with Gasteiger partial charge in [-0.3, -0.25) is 14.5 Å². The number of carbonyl (C=O) groups is 2. The van der Waals surface area contributed by atoms with Crippen LogP contribution in [0.25, 0.3) is 0 Å². The smallest absolute Gasteiger partial charge is 0.308 e. The first-order valence-electron chi connectivity index (χ1n) is 6.02. The maximum atomic E-state index is 11.9. The van der Waals surface area contributed by atoms with E-state index in [0.717, 1.165) is 17.7 Å². The van der Waals surface area contributed by atoms with E-state index in [9.17, 15) is 9.59 Å². The zero-order chi connectivity index (χ0) is 13.3. The third-order valence-corrected chi connectivity index (χ3v) is 3.21. The maximum Gasteiger partial charge on any atom is 0.308 e. The Kier molecular flexibility index (Phi) is 3.32. The number of anilines is 1. The molecule has 5 heteroatoms. The lowest BCUT2D eigenvalue weighted by atomic mass is 10.1. The van der Waals surface area contributed by atoms with E-state index in [4.69, 9.17) is 5.11 Å². The molecular weight excluding hydrogens is 232 g/mol. The van der Waals surface area contributed by atoms with Crippen molar-refractivity contribution in [3.05, 3.63) is 23.4 Å². The predicted molar refractivity (Wildman–Crippen MR) is 66.4 cm³/mol. The van der Waals surface area contributed by atoms with Crippen LogP contribution in [0.15, 0.2) is 12.1 Å². The van der Waals surface area contributed by atoms with Crippen molar-refractivity contribution < 1.29 is 14.7 Å². The topological polar surface area (TPSA) is 70.5 Å². The SMILES string of the molecule is CCc1ccc(C)nc1N1CC(C(=O)O)CC1=O. The fraction of sp³-hybridized carbons (Fsp3) is 0.462. The molecule has 0 spiro atoms. The van der Waals surface area contributed by atoms with Crippen molar-refractivity contribution in [1.29, 1.82) is 0 Å². The molecule has 1 unspecified atom stereocenters. The Labute approximate surface area is 105 Å². The molecule has 0 bridgehead atoms. The molecule has 1 aliphatic heterocycles. The number of aliphatic carboxylic acids is 1. The lowest BCUT2D eigenvalue weighted by molar-refractivity contribution is -0.141. The summed E-state index contributed by atoms with van der Waals surface area (Å²) in [5, 5.41) is 8.98. The first-order valence-corrected chi connectivity index (χ1v) is 6.02. The van der Waals surface area contributed by atoms with Crippen LogP contribution in [0.1, 0.15) is 24.6 Å². The standard InChI is InChI=1S/C13H16N2O3/c1-3-9-5-4-8(2)14-12(9)15-7-10(13(17)18)6-11(15)16/h4-5,10H,3,6-7H2,1-2H3,(H,17,18). The zero-order valence-corrected chi connectivity index (χ0v) is 10.5. The van der Waals surface area contributed by atoms with E-state index in [-0.39, 0.29) is 18.9 Å². The second kappa shape index (κ2) is 4.76. The number of nitrogens with zero attached hydrogens (tertiary/aromatic N) is 2. The van der Waals surface area contributed by atoms with Crippen LogP contribution in [-0.4, -0.2) is 28.5 Å². The van der Waals surface area contributed by atoms with Crippen LogP contribution in [-0.2, 0) is 16.0 Å². The molecule has 1 N–H and O–H groups in total. The van der Waals surface area contributed by atoms with Crippen LogP contribution in [0.4, 0.5) is 5.82 Å². The average Bonchev–Trinajstić information content (AvgIpc) is 2.71. The van der Waals surface area contributed by atoms with Crippen molar-refractivity contribution in [1.82, 2.24) is 4.98 Å². The van der Waals surface area contributed by atoms with Gasteiger partial charge in [0.25, 0.3) is 0 Å². The van der Waals surface area contributed by atoms with Crippen LogP contribution in [0.3, 0.4) is 0 Å². The van der Waals surface area contributed by atoms with Gasteiger partial charge in [-0.05, 0) is 25.0 Å². The Hall–Kier alpha value is -1.91. The minimum atomic E-state index is -0.920. The molecule has 2 rings (SSSR count). The first-order chi connectivity index (χ1) is 8.52. The molecular formula is C13H16N2O3. The monoisotopic (exact) mass is 248 g/mol. The third-order valence-electron chi connectivity index (χ3n) is 3.21. The van der Waals surface area contributed by atoms with Gasteiger partial charge in [-0.15, -0.1) is 0 Å². The highest BCUT2D eigenvalue weighted by molar-refractivity contribution is 5.99. The lowest BCUT2D eigenvalue weighted by Crippen LogP contribution is -2.28. The highest BCUT2D eigenvalue weighted by atomic mass is 16.4. The molecule has 18 heavy (non-hydrogen) atoms. The van der Waals surface area contributed by atoms with Crippen molar-refractivity contribution in [2.75, 3.05) is 11.4 Å². The Morgan fingerprint density at radius 3 is 2.83 bits per heavy atom.